The molecule has 1 N–H and O–H groups in total. The number of benzene rings is 2. The van der Waals surface area contributed by atoms with E-state index >= 15 is 0 Å². The number of methoxy groups -OCH3 is 1. The summed E-state index contributed by atoms with van der Waals surface area (Å²) in [6.45, 7) is 1.59. The molecule has 0 spiro atoms. The number of nitro benzene ring substituents is 1. The molecule has 0 saturated carbocycles. The first-order valence-electron chi connectivity index (χ1n) is 8.51. The molecule has 0 saturated heterocycles. The minimum absolute atomic E-state index is 0.0701. The third-order valence-electron chi connectivity index (χ3n) is 4.14. The quantitative estimate of drug-likeness (QED) is 0.264. The van der Waals surface area contributed by atoms with Crippen LogP contribution in [0.2, 0.25) is 0 Å². The summed E-state index contributed by atoms with van der Waals surface area (Å²) in [4.78, 5) is 31.0. The minimum atomic E-state index is -1.18. The lowest BCUT2D eigenvalue weighted by Crippen LogP contribution is -2.08. The molecule has 2 aromatic carbocycles. The summed E-state index contributed by atoms with van der Waals surface area (Å²) in [5, 5.41) is 21.1. The molecule has 3 rings (SSSR count). The number of nitro groups is 1. The summed E-state index contributed by atoms with van der Waals surface area (Å²) in [7, 11) is 1.60. The van der Waals surface area contributed by atoms with Crippen molar-refractivity contribution in [3.8, 4) is 17.0 Å². The van der Waals surface area contributed by atoms with E-state index in [0.29, 0.717) is 22.2 Å². The van der Waals surface area contributed by atoms with Crippen molar-refractivity contribution < 1.29 is 19.6 Å². The van der Waals surface area contributed by atoms with Crippen molar-refractivity contribution in [1.29, 1.82) is 0 Å². The fraction of sp³-hybridized carbons (Fsp3) is 0.150. The van der Waals surface area contributed by atoms with Crippen LogP contribution in [0.3, 0.4) is 0 Å². The van der Waals surface area contributed by atoms with Gasteiger partial charge < -0.3 is 9.84 Å². The van der Waals surface area contributed by atoms with Crippen LogP contribution in [0.25, 0.3) is 11.3 Å². The first-order valence-corrected chi connectivity index (χ1v) is 9.50. The number of aromatic carboxylic acids is 1. The van der Waals surface area contributed by atoms with Crippen molar-refractivity contribution in [3.05, 3.63) is 75.5 Å². The molecule has 8 nitrogen and oxygen atoms in total. The molecule has 0 aliphatic rings. The van der Waals surface area contributed by atoms with Gasteiger partial charge in [-0.3, -0.25) is 10.1 Å². The van der Waals surface area contributed by atoms with E-state index in [0.717, 1.165) is 11.3 Å². The van der Waals surface area contributed by atoms with Crippen LogP contribution in [0.15, 0.2) is 53.7 Å². The monoisotopic (exact) mass is 411 g/mol. The Bertz CT molecular complexity index is 1070. The summed E-state index contributed by atoms with van der Waals surface area (Å²) >= 11 is 1.35. The summed E-state index contributed by atoms with van der Waals surface area (Å²) in [5.41, 5.74) is 1.63. The number of ether oxygens (including phenoxy) is 1. The Morgan fingerprint density at radius 3 is 2.55 bits per heavy atom. The van der Waals surface area contributed by atoms with Crippen molar-refractivity contribution in [2.24, 2.45) is 0 Å². The van der Waals surface area contributed by atoms with Crippen molar-refractivity contribution in [2.45, 2.75) is 17.8 Å². The number of rotatable bonds is 7. The number of carboxylic acids is 1. The summed E-state index contributed by atoms with van der Waals surface area (Å²) in [5.74, 6) is 0.143. The van der Waals surface area contributed by atoms with Gasteiger partial charge in [0.15, 0.2) is 5.16 Å². The fourth-order valence-electron chi connectivity index (χ4n) is 2.71. The van der Waals surface area contributed by atoms with Crippen LogP contribution in [0.5, 0.6) is 5.75 Å². The smallest absolute Gasteiger partial charge is 0.339 e. The summed E-state index contributed by atoms with van der Waals surface area (Å²) in [6, 6.07) is 13.3. The van der Waals surface area contributed by atoms with Gasteiger partial charge in [0.25, 0.3) is 5.69 Å². The van der Waals surface area contributed by atoms with Gasteiger partial charge in [-0.2, -0.15) is 0 Å². The number of aromatic nitrogens is 2. The van der Waals surface area contributed by atoms with Crippen LogP contribution in [0, 0.1) is 17.0 Å². The molecule has 29 heavy (non-hydrogen) atoms. The Balaban J connectivity index is 1.96. The minimum Gasteiger partial charge on any atom is -0.497 e. The van der Waals surface area contributed by atoms with E-state index < -0.39 is 10.9 Å². The third kappa shape index (κ3) is 4.69. The SMILES string of the molecule is COc1ccc(CSc2nc(C)c(C(=O)O)c(-c3cccc([N+](=O)[O-])c3)n2)cc1. The molecule has 9 heteroatoms. The molecule has 0 bridgehead atoms. The van der Waals surface area contributed by atoms with E-state index in [1.165, 1.54) is 30.0 Å². The molecular weight excluding hydrogens is 394 g/mol. The average molecular weight is 411 g/mol. The number of carbonyl (C=O) groups is 1. The molecular formula is C20H17N3O5S. The zero-order chi connectivity index (χ0) is 21.0. The zero-order valence-corrected chi connectivity index (χ0v) is 16.5. The topological polar surface area (TPSA) is 115 Å². The summed E-state index contributed by atoms with van der Waals surface area (Å²) < 4.78 is 5.14. The molecule has 148 valence electrons. The van der Waals surface area contributed by atoms with Crippen LogP contribution in [-0.2, 0) is 5.75 Å². The van der Waals surface area contributed by atoms with Crippen molar-refractivity contribution in [2.75, 3.05) is 7.11 Å². The maximum atomic E-state index is 11.8. The van der Waals surface area contributed by atoms with Gasteiger partial charge in [0, 0.05) is 23.4 Å². The maximum Gasteiger partial charge on any atom is 0.339 e. The van der Waals surface area contributed by atoms with Gasteiger partial charge in [-0.15, -0.1) is 0 Å². The lowest BCUT2D eigenvalue weighted by atomic mass is 10.0. The van der Waals surface area contributed by atoms with Gasteiger partial charge in [0.2, 0.25) is 0 Å². The average Bonchev–Trinajstić information content (AvgIpc) is 2.72. The van der Waals surface area contributed by atoms with Gasteiger partial charge in [-0.05, 0) is 24.6 Å². The highest BCUT2D eigenvalue weighted by Crippen LogP contribution is 2.30. The van der Waals surface area contributed by atoms with E-state index in [1.807, 2.05) is 24.3 Å². The highest BCUT2D eigenvalue weighted by Gasteiger charge is 2.21. The Morgan fingerprint density at radius 2 is 1.93 bits per heavy atom. The van der Waals surface area contributed by atoms with E-state index in [9.17, 15) is 20.0 Å². The highest BCUT2D eigenvalue weighted by atomic mass is 32.2. The molecule has 0 amide bonds. The van der Waals surface area contributed by atoms with Gasteiger partial charge >= 0.3 is 5.97 Å². The molecule has 0 radical (unpaired) electrons. The lowest BCUT2D eigenvalue weighted by molar-refractivity contribution is -0.384. The van der Waals surface area contributed by atoms with Gasteiger partial charge in [0.1, 0.15) is 11.3 Å². The molecule has 3 aromatic rings. The van der Waals surface area contributed by atoms with Crippen molar-refractivity contribution >= 4 is 23.4 Å². The Kier molecular flexibility index (Phi) is 6.08. The lowest BCUT2D eigenvalue weighted by Gasteiger charge is -2.11. The Morgan fingerprint density at radius 1 is 1.21 bits per heavy atom. The van der Waals surface area contributed by atoms with Crippen LogP contribution < -0.4 is 4.74 Å². The van der Waals surface area contributed by atoms with E-state index in [2.05, 4.69) is 9.97 Å². The number of non-ortho nitro benzene ring substituents is 1. The van der Waals surface area contributed by atoms with Gasteiger partial charge in [-0.25, -0.2) is 14.8 Å². The maximum absolute atomic E-state index is 11.8. The van der Waals surface area contributed by atoms with Crippen LogP contribution in [0.4, 0.5) is 5.69 Å². The van der Waals surface area contributed by atoms with Crippen LogP contribution in [-0.4, -0.2) is 33.1 Å². The normalized spacial score (nSPS) is 10.6. The first-order chi connectivity index (χ1) is 13.9. The second-order valence-corrected chi connectivity index (χ2v) is 7.01. The highest BCUT2D eigenvalue weighted by molar-refractivity contribution is 7.98. The number of thioether (sulfide) groups is 1. The summed E-state index contributed by atoms with van der Waals surface area (Å²) in [6.07, 6.45) is 0. The fourth-order valence-corrected chi connectivity index (χ4v) is 3.56. The second-order valence-electron chi connectivity index (χ2n) is 6.06. The molecule has 1 heterocycles. The Labute approximate surface area is 170 Å². The largest absolute Gasteiger partial charge is 0.497 e. The second kappa shape index (κ2) is 8.70. The number of carboxylic acid groups (broad SMARTS) is 1. The van der Waals surface area contributed by atoms with E-state index in [4.69, 9.17) is 4.74 Å². The van der Waals surface area contributed by atoms with Crippen molar-refractivity contribution in [1.82, 2.24) is 9.97 Å². The first kappa shape index (κ1) is 20.3. The number of hydrogen-bond donors (Lipinski definition) is 1. The number of aryl methyl sites for hydroxylation is 1. The number of hydrogen-bond acceptors (Lipinski definition) is 7. The standard InChI is InChI=1S/C20H17N3O5S/c1-12-17(19(24)25)18(14-4-3-5-15(10-14)23(26)27)22-20(21-12)29-11-13-6-8-16(28-2)9-7-13/h3-10H,11H2,1-2H3,(H,24,25). The molecule has 1 aromatic heterocycles. The van der Waals surface area contributed by atoms with Crippen LogP contribution >= 0.6 is 11.8 Å². The van der Waals surface area contributed by atoms with E-state index in [1.54, 1.807) is 20.1 Å². The number of nitrogens with zero attached hydrogens (tertiary/aromatic N) is 3. The molecule has 0 aliphatic heterocycles. The predicted molar refractivity (Wildman–Crippen MR) is 108 cm³/mol. The van der Waals surface area contributed by atoms with Gasteiger partial charge in [0.05, 0.1) is 23.4 Å². The van der Waals surface area contributed by atoms with Crippen molar-refractivity contribution in [3.63, 3.8) is 0 Å². The van der Waals surface area contributed by atoms with Gasteiger partial charge in [-0.1, -0.05) is 36.0 Å². The zero-order valence-electron chi connectivity index (χ0n) is 15.7. The molecule has 0 aliphatic carbocycles. The third-order valence-corrected chi connectivity index (χ3v) is 5.06. The van der Waals surface area contributed by atoms with E-state index in [-0.39, 0.29) is 16.9 Å². The molecule has 0 unspecified atom stereocenters. The molecule has 0 fully saturated rings. The van der Waals surface area contributed by atoms with Crippen LogP contribution in [0.1, 0.15) is 21.6 Å². The molecule has 0 atom stereocenters. The Hall–Kier alpha value is -3.46. The predicted octanol–water partition coefficient (Wildman–Crippen LogP) is 4.36.